The number of halogens is 1. The van der Waals surface area contributed by atoms with E-state index in [4.69, 9.17) is 22.1 Å². The van der Waals surface area contributed by atoms with Crippen LogP contribution in [0.1, 0.15) is 19.6 Å². The molecule has 2 aromatic heterocycles. The maximum atomic E-state index is 9.22. The van der Waals surface area contributed by atoms with Gasteiger partial charge in [-0.25, -0.2) is 15.0 Å². The summed E-state index contributed by atoms with van der Waals surface area (Å²) in [4.78, 5) is 11.6. The van der Waals surface area contributed by atoms with Crippen LogP contribution in [0.4, 0.5) is 5.82 Å². The molecule has 0 aromatic carbocycles. The second-order valence-electron chi connectivity index (χ2n) is 4.86. The predicted octanol–water partition coefficient (Wildman–Crippen LogP) is 0.686. The third-order valence-electron chi connectivity index (χ3n) is 3.31. The van der Waals surface area contributed by atoms with Gasteiger partial charge >= 0.3 is 0 Å². The standard InChI is InChI=1S/C11H14ClN5O2/c1-11(12)2-6(3-18)19-10(11)17-5-16-7-8(13)14-4-15-9(7)17/h4-6,10,18H,2-3H2,1H3,(H2,13,14,15). The van der Waals surface area contributed by atoms with Crippen LogP contribution in [-0.4, -0.2) is 42.2 Å². The largest absolute Gasteiger partial charge is 0.394 e. The summed E-state index contributed by atoms with van der Waals surface area (Å²) in [5.74, 6) is 0.316. The quantitative estimate of drug-likeness (QED) is 0.787. The van der Waals surface area contributed by atoms with E-state index in [9.17, 15) is 5.11 Å². The second kappa shape index (κ2) is 4.29. The molecule has 0 spiro atoms. The fourth-order valence-electron chi connectivity index (χ4n) is 2.42. The van der Waals surface area contributed by atoms with Crippen molar-refractivity contribution >= 4 is 28.6 Å². The van der Waals surface area contributed by atoms with Gasteiger partial charge in [-0.05, 0) is 13.3 Å². The van der Waals surface area contributed by atoms with Gasteiger partial charge in [-0.15, -0.1) is 11.6 Å². The lowest BCUT2D eigenvalue weighted by Gasteiger charge is -2.23. The number of alkyl halides is 1. The van der Waals surface area contributed by atoms with Crippen LogP contribution in [0.15, 0.2) is 12.7 Å². The number of rotatable bonds is 2. The number of hydrogen-bond donors (Lipinski definition) is 2. The fourth-order valence-corrected chi connectivity index (χ4v) is 2.75. The van der Waals surface area contributed by atoms with Gasteiger partial charge in [-0.2, -0.15) is 0 Å². The van der Waals surface area contributed by atoms with Crippen molar-refractivity contribution < 1.29 is 9.84 Å². The van der Waals surface area contributed by atoms with E-state index in [0.717, 1.165) is 0 Å². The van der Waals surface area contributed by atoms with E-state index < -0.39 is 11.1 Å². The molecule has 0 bridgehead atoms. The molecule has 0 radical (unpaired) electrons. The summed E-state index contributed by atoms with van der Waals surface area (Å²) in [6.45, 7) is 1.80. The molecule has 102 valence electrons. The van der Waals surface area contributed by atoms with Gasteiger partial charge in [0.1, 0.15) is 11.8 Å². The average Bonchev–Trinajstić information content (AvgIpc) is 2.90. The van der Waals surface area contributed by atoms with E-state index in [1.54, 1.807) is 10.9 Å². The Labute approximate surface area is 114 Å². The van der Waals surface area contributed by atoms with Crippen molar-refractivity contribution in [1.82, 2.24) is 19.5 Å². The highest BCUT2D eigenvalue weighted by Gasteiger charge is 2.45. The van der Waals surface area contributed by atoms with E-state index in [-0.39, 0.29) is 12.7 Å². The number of nitrogens with two attached hydrogens (primary N) is 1. The first-order chi connectivity index (χ1) is 9.03. The summed E-state index contributed by atoms with van der Waals surface area (Å²) >= 11 is 6.48. The molecule has 1 saturated heterocycles. The molecule has 1 fully saturated rings. The van der Waals surface area contributed by atoms with E-state index in [0.29, 0.717) is 23.4 Å². The zero-order chi connectivity index (χ0) is 13.6. The van der Waals surface area contributed by atoms with Crippen molar-refractivity contribution in [1.29, 1.82) is 0 Å². The lowest BCUT2D eigenvalue weighted by Crippen LogP contribution is -2.26. The molecule has 3 heterocycles. The van der Waals surface area contributed by atoms with Crippen molar-refractivity contribution in [2.75, 3.05) is 12.3 Å². The van der Waals surface area contributed by atoms with Crippen LogP contribution in [0.2, 0.25) is 0 Å². The lowest BCUT2D eigenvalue weighted by atomic mass is 10.1. The molecule has 3 rings (SSSR count). The Morgan fingerprint density at radius 2 is 2.37 bits per heavy atom. The van der Waals surface area contributed by atoms with Crippen LogP contribution in [0.25, 0.3) is 11.2 Å². The first-order valence-electron chi connectivity index (χ1n) is 5.91. The predicted molar refractivity (Wildman–Crippen MR) is 69.6 cm³/mol. The van der Waals surface area contributed by atoms with E-state index in [2.05, 4.69) is 15.0 Å². The molecule has 7 nitrogen and oxygen atoms in total. The zero-order valence-corrected chi connectivity index (χ0v) is 11.1. The highest BCUT2D eigenvalue weighted by atomic mass is 35.5. The van der Waals surface area contributed by atoms with Crippen molar-refractivity contribution in [3.63, 3.8) is 0 Å². The SMILES string of the molecule is CC1(Cl)CC(CO)OC1n1cnc2c(N)ncnc21. The monoisotopic (exact) mass is 283 g/mol. The first-order valence-corrected chi connectivity index (χ1v) is 6.29. The number of anilines is 1. The minimum absolute atomic E-state index is 0.0669. The minimum Gasteiger partial charge on any atom is -0.394 e. The van der Waals surface area contributed by atoms with Gasteiger partial charge < -0.3 is 15.6 Å². The summed E-state index contributed by atoms with van der Waals surface area (Å²) in [6.07, 6.45) is 2.77. The maximum Gasteiger partial charge on any atom is 0.167 e. The van der Waals surface area contributed by atoms with Gasteiger partial charge in [0.15, 0.2) is 17.7 Å². The number of imidazole rings is 1. The molecule has 1 aliphatic rings. The summed E-state index contributed by atoms with van der Waals surface area (Å²) < 4.78 is 7.49. The molecule has 3 unspecified atom stereocenters. The van der Waals surface area contributed by atoms with Crippen LogP contribution in [0.3, 0.4) is 0 Å². The van der Waals surface area contributed by atoms with Gasteiger partial charge in [-0.3, -0.25) is 4.57 Å². The third-order valence-corrected chi connectivity index (χ3v) is 3.65. The Morgan fingerprint density at radius 3 is 3.05 bits per heavy atom. The number of nitrogen functional groups attached to an aromatic ring is 1. The first kappa shape index (κ1) is 12.6. The van der Waals surface area contributed by atoms with Gasteiger partial charge in [0.25, 0.3) is 0 Å². The topological polar surface area (TPSA) is 99.1 Å². The summed E-state index contributed by atoms with van der Waals surface area (Å²) in [5.41, 5.74) is 6.84. The third kappa shape index (κ3) is 1.94. The molecule has 0 aliphatic carbocycles. The fraction of sp³-hybridized carbons (Fsp3) is 0.545. The molecule has 3 atom stereocenters. The van der Waals surface area contributed by atoms with Crippen molar-refractivity contribution in [3.05, 3.63) is 12.7 Å². The van der Waals surface area contributed by atoms with E-state index >= 15 is 0 Å². The number of hydrogen-bond acceptors (Lipinski definition) is 6. The molecular weight excluding hydrogens is 270 g/mol. The Morgan fingerprint density at radius 1 is 1.58 bits per heavy atom. The highest BCUT2D eigenvalue weighted by Crippen LogP contribution is 2.43. The second-order valence-corrected chi connectivity index (χ2v) is 5.72. The van der Waals surface area contributed by atoms with Crippen molar-refractivity contribution in [3.8, 4) is 0 Å². The smallest absolute Gasteiger partial charge is 0.167 e. The number of aromatic nitrogens is 4. The molecular formula is C11H14ClN5O2. The van der Waals surface area contributed by atoms with E-state index in [1.165, 1.54) is 6.33 Å². The van der Waals surface area contributed by atoms with Crippen molar-refractivity contribution in [2.24, 2.45) is 0 Å². The minimum atomic E-state index is -0.638. The Balaban J connectivity index is 2.07. The van der Waals surface area contributed by atoms with Crippen LogP contribution in [0, 0.1) is 0 Å². The van der Waals surface area contributed by atoms with Crippen LogP contribution in [-0.2, 0) is 4.74 Å². The van der Waals surface area contributed by atoms with Crippen LogP contribution >= 0.6 is 11.6 Å². The molecule has 8 heteroatoms. The van der Waals surface area contributed by atoms with Gasteiger partial charge in [0, 0.05) is 0 Å². The number of fused-ring (bicyclic) bond motifs is 1. The van der Waals surface area contributed by atoms with Crippen LogP contribution < -0.4 is 5.73 Å². The van der Waals surface area contributed by atoms with Crippen molar-refractivity contribution in [2.45, 2.75) is 30.6 Å². The van der Waals surface area contributed by atoms with Crippen LogP contribution in [0.5, 0.6) is 0 Å². The van der Waals surface area contributed by atoms with E-state index in [1.807, 2.05) is 6.92 Å². The van der Waals surface area contributed by atoms with Gasteiger partial charge in [0.2, 0.25) is 0 Å². The summed E-state index contributed by atoms with van der Waals surface area (Å²) in [6, 6.07) is 0. The molecule has 3 N–H and O–H groups in total. The van der Waals surface area contributed by atoms with Gasteiger partial charge in [-0.1, -0.05) is 0 Å². The number of nitrogens with zero attached hydrogens (tertiary/aromatic N) is 4. The normalized spacial score (nSPS) is 31.1. The summed E-state index contributed by atoms with van der Waals surface area (Å²) in [5, 5.41) is 9.22. The maximum absolute atomic E-state index is 9.22. The Kier molecular flexibility index (Phi) is 2.84. The molecule has 0 amide bonds. The Hall–Kier alpha value is -1.44. The number of ether oxygens (including phenoxy) is 1. The average molecular weight is 284 g/mol. The lowest BCUT2D eigenvalue weighted by molar-refractivity contribution is -0.0264. The molecule has 2 aromatic rings. The summed E-state index contributed by atoms with van der Waals surface area (Å²) in [7, 11) is 0. The van der Waals surface area contributed by atoms with Gasteiger partial charge in [0.05, 0.1) is 23.9 Å². The zero-order valence-electron chi connectivity index (χ0n) is 10.3. The number of aliphatic hydroxyl groups excluding tert-OH is 1. The molecule has 19 heavy (non-hydrogen) atoms. The number of aliphatic hydroxyl groups is 1. The molecule has 1 aliphatic heterocycles. The Bertz CT molecular complexity index is 614. The molecule has 0 saturated carbocycles. The highest BCUT2D eigenvalue weighted by molar-refractivity contribution is 6.24.